The molecule has 2 atom stereocenters. The van der Waals surface area contributed by atoms with Crippen molar-refractivity contribution in [1.82, 2.24) is 4.98 Å². The van der Waals surface area contributed by atoms with Crippen LogP contribution in [0.3, 0.4) is 0 Å². The summed E-state index contributed by atoms with van der Waals surface area (Å²) < 4.78 is 4.81. The molecule has 1 heterocycles. The van der Waals surface area contributed by atoms with E-state index < -0.39 is 24.8 Å². The number of hydrogen-bond acceptors (Lipinski definition) is 6. The normalized spacial score (nSPS) is 13.8. The van der Waals surface area contributed by atoms with Crippen molar-refractivity contribution >= 4 is 5.97 Å². The maximum atomic E-state index is 11.6. The van der Waals surface area contributed by atoms with Crippen molar-refractivity contribution in [1.29, 1.82) is 0 Å². The Hall–Kier alpha value is -1.50. The highest BCUT2D eigenvalue weighted by Crippen LogP contribution is 2.06. The molecule has 6 heteroatoms. The fraction of sp³-hybridized carbons (Fsp3) is 0.571. The van der Waals surface area contributed by atoms with Gasteiger partial charge in [0.2, 0.25) is 0 Å². The van der Waals surface area contributed by atoms with E-state index in [1.807, 2.05) is 6.07 Å². The lowest BCUT2D eigenvalue weighted by Crippen LogP contribution is -2.34. The van der Waals surface area contributed by atoms with Gasteiger partial charge in [-0.3, -0.25) is 0 Å². The van der Waals surface area contributed by atoms with Crippen molar-refractivity contribution < 1.29 is 24.9 Å². The van der Waals surface area contributed by atoms with E-state index in [0.717, 1.165) is 24.8 Å². The number of ether oxygens (including phenoxy) is 1. The molecule has 1 aromatic heterocycles. The molecule has 0 aliphatic carbocycles. The van der Waals surface area contributed by atoms with Crippen molar-refractivity contribution in [2.24, 2.45) is 0 Å². The molecule has 3 N–H and O–H groups in total. The number of carbonyl (C=O) groups excluding carboxylic acids is 1. The molecule has 1 aromatic rings. The van der Waals surface area contributed by atoms with Gasteiger partial charge >= 0.3 is 5.97 Å². The maximum Gasteiger partial charge on any atom is 0.357 e. The first kappa shape index (κ1) is 16.6. The average molecular weight is 283 g/mol. The van der Waals surface area contributed by atoms with E-state index in [2.05, 4.69) is 11.9 Å². The topological polar surface area (TPSA) is 99.9 Å². The number of nitrogens with zero attached hydrogens (tertiary/aromatic N) is 1. The molecule has 0 aromatic carbocycles. The van der Waals surface area contributed by atoms with Crippen LogP contribution in [0.25, 0.3) is 0 Å². The van der Waals surface area contributed by atoms with Crippen LogP contribution in [0.1, 0.15) is 35.8 Å². The van der Waals surface area contributed by atoms with Crippen LogP contribution in [0.5, 0.6) is 0 Å². The Labute approximate surface area is 118 Å². The molecule has 0 radical (unpaired) electrons. The molecule has 0 aliphatic heterocycles. The Kier molecular flexibility index (Phi) is 7.14. The van der Waals surface area contributed by atoms with Gasteiger partial charge in [0.05, 0.1) is 6.61 Å². The van der Waals surface area contributed by atoms with E-state index in [1.165, 1.54) is 0 Å². The minimum atomic E-state index is -1.33. The van der Waals surface area contributed by atoms with E-state index in [0.29, 0.717) is 0 Å². The van der Waals surface area contributed by atoms with Gasteiger partial charge in [-0.05, 0) is 24.5 Å². The number of carbonyl (C=O) groups is 1. The number of rotatable bonds is 8. The molecule has 0 fully saturated rings. The number of unbranched alkanes of at least 4 members (excludes halogenated alkanes) is 1. The maximum absolute atomic E-state index is 11.6. The van der Waals surface area contributed by atoms with Crippen molar-refractivity contribution in [3.8, 4) is 0 Å². The molecule has 112 valence electrons. The molecule has 0 aliphatic rings. The first-order valence-electron chi connectivity index (χ1n) is 6.67. The van der Waals surface area contributed by atoms with Gasteiger partial charge in [0, 0.05) is 6.20 Å². The molecule has 0 unspecified atom stereocenters. The summed E-state index contributed by atoms with van der Waals surface area (Å²) in [5, 5.41) is 27.1. The highest BCUT2D eigenvalue weighted by Gasteiger charge is 2.18. The second kappa shape index (κ2) is 8.63. The van der Waals surface area contributed by atoms with Crippen molar-refractivity contribution in [2.75, 3.05) is 13.2 Å². The van der Waals surface area contributed by atoms with Gasteiger partial charge in [-0.15, -0.1) is 0 Å². The average Bonchev–Trinajstić information content (AvgIpc) is 2.49. The third-order valence-electron chi connectivity index (χ3n) is 2.87. The number of pyridine rings is 1. The van der Waals surface area contributed by atoms with Crippen LogP contribution in [0.2, 0.25) is 0 Å². The van der Waals surface area contributed by atoms with Gasteiger partial charge in [0.25, 0.3) is 0 Å². The highest BCUT2D eigenvalue weighted by atomic mass is 16.5. The second-order valence-electron chi connectivity index (χ2n) is 4.57. The van der Waals surface area contributed by atoms with E-state index in [1.54, 1.807) is 12.3 Å². The minimum absolute atomic E-state index is 0.149. The summed E-state index contributed by atoms with van der Waals surface area (Å²) in [6.07, 6.45) is 2.07. The number of aryl methyl sites for hydroxylation is 1. The van der Waals surface area contributed by atoms with Gasteiger partial charge in [-0.1, -0.05) is 19.4 Å². The Balaban J connectivity index is 2.47. The molecule has 0 saturated carbocycles. The number of aliphatic hydroxyl groups excluding tert-OH is 3. The Morgan fingerprint density at radius 3 is 2.65 bits per heavy atom. The number of hydrogen-bond donors (Lipinski definition) is 3. The number of aromatic nitrogens is 1. The van der Waals surface area contributed by atoms with E-state index >= 15 is 0 Å². The van der Waals surface area contributed by atoms with Crippen LogP contribution in [-0.2, 0) is 11.2 Å². The Morgan fingerprint density at radius 1 is 1.35 bits per heavy atom. The van der Waals surface area contributed by atoms with Gasteiger partial charge < -0.3 is 20.1 Å². The molecular weight excluding hydrogens is 262 g/mol. The highest BCUT2D eigenvalue weighted by molar-refractivity contribution is 5.87. The SMILES string of the molecule is CCCCc1ccc(C(=O)OC[C@@H](O)[C@@H](O)CO)nc1. The van der Waals surface area contributed by atoms with Crippen LogP contribution < -0.4 is 0 Å². The quantitative estimate of drug-likeness (QED) is 0.593. The van der Waals surface area contributed by atoms with Crippen LogP contribution in [0.4, 0.5) is 0 Å². The molecule has 0 spiro atoms. The molecule has 20 heavy (non-hydrogen) atoms. The third kappa shape index (κ3) is 5.24. The van der Waals surface area contributed by atoms with Crippen molar-refractivity contribution in [3.63, 3.8) is 0 Å². The fourth-order valence-corrected chi connectivity index (χ4v) is 1.54. The zero-order valence-corrected chi connectivity index (χ0v) is 11.5. The summed E-state index contributed by atoms with van der Waals surface area (Å²) in [7, 11) is 0. The summed E-state index contributed by atoms with van der Waals surface area (Å²) in [5.41, 5.74) is 1.20. The summed E-state index contributed by atoms with van der Waals surface area (Å²) in [4.78, 5) is 15.7. The Bertz CT molecular complexity index is 407. The van der Waals surface area contributed by atoms with Crippen LogP contribution in [0, 0.1) is 0 Å². The monoisotopic (exact) mass is 283 g/mol. The minimum Gasteiger partial charge on any atom is -0.458 e. The lowest BCUT2D eigenvalue weighted by atomic mass is 10.1. The van der Waals surface area contributed by atoms with Crippen molar-refractivity contribution in [2.45, 2.75) is 38.4 Å². The lowest BCUT2D eigenvalue weighted by molar-refractivity contribution is -0.0468. The molecule has 1 rings (SSSR count). The lowest BCUT2D eigenvalue weighted by Gasteiger charge is -2.15. The summed E-state index contributed by atoms with van der Waals surface area (Å²) in [6, 6.07) is 3.39. The molecular formula is C14H21NO5. The van der Waals surface area contributed by atoms with Gasteiger partial charge in [0.15, 0.2) is 0 Å². The van der Waals surface area contributed by atoms with E-state index in [4.69, 9.17) is 14.9 Å². The summed E-state index contributed by atoms with van der Waals surface area (Å²) in [5.74, 6) is -0.670. The smallest absolute Gasteiger partial charge is 0.357 e. The second-order valence-corrected chi connectivity index (χ2v) is 4.57. The molecule has 0 saturated heterocycles. The largest absolute Gasteiger partial charge is 0.458 e. The third-order valence-corrected chi connectivity index (χ3v) is 2.87. The van der Waals surface area contributed by atoms with E-state index in [-0.39, 0.29) is 12.3 Å². The van der Waals surface area contributed by atoms with Crippen LogP contribution in [-0.4, -0.2) is 51.7 Å². The van der Waals surface area contributed by atoms with Crippen molar-refractivity contribution in [3.05, 3.63) is 29.6 Å². The van der Waals surface area contributed by atoms with Crippen LogP contribution >= 0.6 is 0 Å². The fourth-order valence-electron chi connectivity index (χ4n) is 1.54. The van der Waals surface area contributed by atoms with Gasteiger partial charge in [-0.2, -0.15) is 0 Å². The molecule has 0 amide bonds. The molecule has 6 nitrogen and oxygen atoms in total. The van der Waals surface area contributed by atoms with Crippen LogP contribution in [0.15, 0.2) is 18.3 Å². The van der Waals surface area contributed by atoms with Gasteiger partial charge in [-0.25, -0.2) is 9.78 Å². The zero-order chi connectivity index (χ0) is 15.0. The predicted molar refractivity (Wildman–Crippen MR) is 72.2 cm³/mol. The summed E-state index contributed by atoms with van der Waals surface area (Å²) in [6.45, 7) is 1.12. The first-order chi connectivity index (χ1) is 9.58. The zero-order valence-electron chi connectivity index (χ0n) is 11.5. The summed E-state index contributed by atoms with van der Waals surface area (Å²) >= 11 is 0. The number of aliphatic hydroxyl groups is 3. The molecule has 0 bridgehead atoms. The predicted octanol–water partition coefficient (Wildman–Crippen LogP) is 0.295. The standard InChI is InChI=1S/C14H21NO5/c1-2-3-4-10-5-6-11(15-7-10)14(19)20-9-13(18)12(17)8-16/h5-7,12-13,16-18H,2-4,8-9H2,1H3/t12-,13+/m0/s1. The van der Waals surface area contributed by atoms with E-state index in [9.17, 15) is 9.90 Å². The Morgan fingerprint density at radius 2 is 2.10 bits per heavy atom. The first-order valence-corrected chi connectivity index (χ1v) is 6.67. The number of esters is 1. The van der Waals surface area contributed by atoms with Gasteiger partial charge in [0.1, 0.15) is 24.5 Å².